The van der Waals surface area contributed by atoms with Gasteiger partial charge in [0, 0.05) is 23.5 Å². The molecule has 0 saturated carbocycles. The highest BCUT2D eigenvalue weighted by Gasteiger charge is 2.21. The molecule has 0 aliphatic carbocycles. The molecule has 0 spiro atoms. The van der Waals surface area contributed by atoms with Crippen molar-refractivity contribution in [1.29, 1.82) is 0 Å². The third-order valence-electron chi connectivity index (χ3n) is 5.09. The zero-order valence-corrected chi connectivity index (χ0v) is 19.4. The maximum atomic E-state index is 12.5. The van der Waals surface area contributed by atoms with Crippen LogP contribution in [0.1, 0.15) is 37.7 Å². The molecule has 0 fully saturated rings. The molecule has 0 aliphatic rings. The first-order valence-corrected chi connectivity index (χ1v) is 10.8. The average Bonchev–Trinajstić information content (AvgIpc) is 2.75. The third kappa shape index (κ3) is 5.47. The number of rotatable bonds is 7. The molecule has 32 heavy (non-hydrogen) atoms. The summed E-state index contributed by atoms with van der Waals surface area (Å²) >= 11 is 12.1. The number of hydrogen-bond acceptors (Lipinski definition) is 5. The van der Waals surface area contributed by atoms with E-state index >= 15 is 0 Å². The van der Waals surface area contributed by atoms with Gasteiger partial charge in [0.25, 0.3) is 11.5 Å². The number of esters is 1. The minimum Gasteiger partial charge on any atom is -0.453 e. The van der Waals surface area contributed by atoms with Crippen LogP contribution in [0, 0.1) is 0 Å². The number of aromatic nitrogens is 2. The van der Waals surface area contributed by atoms with E-state index in [1.54, 1.807) is 56.4 Å². The fraction of sp³-hybridized carbons (Fsp3) is 0.304. The largest absolute Gasteiger partial charge is 0.453 e. The summed E-state index contributed by atoms with van der Waals surface area (Å²) in [6.07, 6.45) is -0.806. The molecule has 3 aromatic rings. The first kappa shape index (κ1) is 23.8. The quantitative estimate of drug-likeness (QED) is 0.521. The van der Waals surface area contributed by atoms with Crippen LogP contribution >= 0.6 is 23.2 Å². The third-order valence-corrected chi connectivity index (χ3v) is 5.66. The van der Waals surface area contributed by atoms with Gasteiger partial charge in [-0.05, 0) is 43.7 Å². The van der Waals surface area contributed by atoms with Crippen LogP contribution in [0.5, 0.6) is 0 Å². The van der Waals surface area contributed by atoms with Gasteiger partial charge >= 0.3 is 5.97 Å². The summed E-state index contributed by atoms with van der Waals surface area (Å²) in [6.45, 7) is 3.26. The van der Waals surface area contributed by atoms with E-state index in [2.05, 4.69) is 10.3 Å². The average molecular weight is 476 g/mol. The molecular weight excluding hydrogens is 453 g/mol. The van der Waals surface area contributed by atoms with Crippen molar-refractivity contribution in [3.05, 3.63) is 74.3 Å². The lowest BCUT2D eigenvalue weighted by atomic mass is 10.1. The van der Waals surface area contributed by atoms with Gasteiger partial charge in [0.1, 0.15) is 5.82 Å². The molecule has 7 nitrogen and oxygen atoms in total. The number of para-hydroxylation sites is 1. The van der Waals surface area contributed by atoms with Crippen molar-refractivity contribution in [1.82, 2.24) is 14.9 Å². The van der Waals surface area contributed by atoms with E-state index < -0.39 is 24.0 Å². The minimum atomic E-state index is -0.996. The topological polar surface area (TPSA) is 90.3 Å². The molecule has 2 unspecified atom stereocenters. The number of benzene rings is 2. The number of aryl methyl sites for hydroxylation is 1. The van der Waals surface area contributed by atoms with Crippen LogP contribution in [-0.2, 0) is 27.8 Å². The Hall–Kier alpha value is -2.90. The lowest BCUT2D eigenvalue weighted by Crippen LogP contribution is -2.37. The lowest BCUT2D eigenvalue weighted by Gasteiger charge is -2.19. The van der Waals surface area contributed by atoms with Gasteiger partial charge < -0.3 is 10.1 Å². The molecule has 1 N–H and O–H groups in total. The number of hydrogen-bond donors (Lipinski definition) is 1. The maximum absolute atomic E-state index is 12.5. The molecule has 3 rings (SSSR count). The molecule has 1 aromatic heterocycles. The summed E-state index contributed by atoms with van der Waals surface area (Å²) in [6, 6.07) is 11.6. The summed E-state index contributed by atoms with van der Waals surface area (Å²) in [5.74, 6) is -0.547. The van der Waals surface area contributed by atoms with E-state index in [0.717, 1.165) is 0 Å². The first-order chi connectivity index (χ1) is 15.2. The second-order valence-corrected chi connectivity index (χ2v) is 8.28. The van der Waals surface area contributed by atoms with Gasteiger partial charge in [0.15, 0.2) is 6.10 Å². The summed E-state index contributed by atoms with van der Waals surface area (Å²) in [5.41, 5.74) is 1.09. The lowest BCUT2D eigenvalue weighted by molar-refractivity contribution is -0.155. The number of carbonyl (C=O) groups is 2. The van der Waals surface area contributed by atoms with Crippen LogP contribution in [-0.4, -0.2) is 27.5 Å². The smallest absolute Gasteiger partial charge is 0.307 e. The molecule has 0 aliphatic heterocycles. The van der Waals surface area contributed by atoms with E-state index in [9.17, 15) is 14.4 Å². The van der Waals surface area contributed by atoms with Crippen molar-refractivity contribution in [3.63, 3.8) is 0 Å². The van der Waals surface area contributed by atoms with Crippen molar-refractivity contribution in [2.24, 2.45) is 7.05 Å². The second kappa shape index (κ2) is 10.1. The molecule has 0 radical (unpaired) electrons. The fourth-order valence-electron chi connectivity index (χ4n) is 3.27. The van der Waals surface area contributed by atoms with Gasteiger partial charge in [-0.3, -0.25) is 19.0 Å². The molecular formula is C23H23Cl2N3O4. The fourth-order valence-corrected chi connectivity index (χ4v) is 3.84. The van der Waals surface area contributed by atoms with Gasteiger partial charge in [-0.25, -0.2) is 4.98 Å². The van der Waals surface area contributed by atoms with Gasteiger partial charge in [0.05, 0.1) is 23.4 Å². The number of halogens is 2. The first-order valence-electron chi connectivity index (χ1n) is 10.1. The van der Waals surface area contributed by atoms with Crippen LogP contribution < -0.4 is 10.9 Å². The summed E-state index contributed by atoms with van der Waals surface area (Å²) < 4.78 is 6.68. The molecule has 2 aromatic carbocycles. The highest BCUT2D eigenvalue weighted by atomic mass is 35.5. The Balaban J connectivity index is 1.58. The number of carbonyl (C=O) groups excluding carboxylic acids is 2. The summed E-state index contributed by atoms with van der Waals surface area (Å²) in [5, 5.41) is 4.22. The number of nitrogens with one attached hydrogen (secondary N) is 1. The summed E-state index contributed by atoms with van der Waals surface area (Å²) in [4.78, 5) is 41.7. The Morgan fingerprint density at radius 2 is 1.88 bits per heavy atom. The predicted molar refractivity (Wildman–Crippen MR) is 124 cm³/mol. The maximum Gasteiger partial charge on any atom is 0.307 e. The van der Waals surface area contributed by atoms with Gasteiger partial charge in [-0.1, -0.05) is 41.4 Å². The highest BCUT2D eigenvalue weighted by molar-refractivity contribution is 6.35. The van der Waals surface area contributed by atoms with Crippen molar-refractivity contribution in [3.8, 4) is 0 Å². The normalized spacial score (nSPS) is 12.9. The Bertz CT molecular complexity index is 1230. The van der Waals surface area contributed by atoms with E-state index in [1.807, 2.05) is 0 Å². The van der Waals surface area contributed by atoms with Gasteiger partial charge in [-0.2, -0.15) is 0 Å². The molecule has 0 bridgehead atoms. The Morgan fingerprint density at radius 3 is 2.59 bits per heavy atom. The molecule has 168 valence electrons. The van der Waals surface area contributed by atoms with Crippen molar-refractivity contribution in [2.45, 2.75) is 38.8 Å². The van der Waals surface area contributed by atoms with E-state index in [1.165, 1.54) is 11.5 Å². The standard InChI is InChI=1S/C23H23Cl2N3O4/c1-13(16-9-8-15(24)12-18(16)25)26-22(30)14(2)32-21(29)11-10-20-27-19-7-5-4-6-17(19)23(31)28(20)3/h4-9,12-14H,10-11H2,1-3H3,(H,26,30). The number of fused-ring (bicyclic) bond motifs is 1. The molecule has 9 heteroatoms. The number of ether oxygens (including phenoxy) is 1. The Kier molecular flexibility index (Phi) is 7.53. The van der Waals surface area contributed by atoms with Crippen LogP contribution in [0.4, 0.5) is 0 Å². The Morgan fingerprint density at radius 1 is 1.16 bits per heavy atom. The zero-order valence-electron chi connectivity index (χ0n) is 17.9. The number of amides is 1. The van der Waals surface area contributed by atoms with E-state index in [-0.39, 0.29) is 18.4 Å². The zero-order chi connectivity index (χ0) is 23.4. The summed E-state index contributed by atoms with van der Waals surface area (Å²) in [7, 11) is 1.61. The van der Waals surface area contributed by atoms with Crippen LogP contribution in [0.25, 0.3) is 10.9 Å². The second-order valence-electron chi connectivity index (χ2n) is 7.44. The predicted octanol–water partition coefficient (Wildman–Crippen LogP) is 3.98. The van der Waals surface area contributed by atoms with Gasteiger partial charge in [-0.15, -0.1) is 0 Å². The monoisotopic (exact) mass is 475 g/mol. The number of nitrogens with zero attached hydrogens (tertiary/aromatic N) is 2. The van der Waals surface area contributed by atoms with Crippen molar-refractivity contribution in [2.75, 3.05) is 0 Å². The van der Waals surface area contributed by atoms with E-state index in [4.69, 9.17) is 27.9 Å². The Labute approximate surface area is 195 Å². The van der Waals surface area contributed by atoms with Crippen LogP contribution in [0.3, 0.4) is 0 Å². The molecule has 0 saturated heterocycles. The van der Waals surface area contributed by atoms with Crippen LogP contribution in [0.2, 0.25) is 10.0 Å². The molecule has 1 amide bonds. The SMILES string of the molecule is CC(OC(=O)CCc1nc2ccccc2c(=O)n1C)C(=O)NC(C)c1ccc(Cl)cc1Cl. The molecule has 2 atom stereocenters. The van der Waals surface area contributed by atoms with E-state index in [0.29, 0.717) is 32.3 Å². The highest BCUT2D eigenvalue weighted by Crippen LogP contribution is 2.26. The van der Waals surface area contributed by atoms with Crippen molar-refractivity contribution < 1.29 is 14.3 Å². The minimum absolute atomic E-state index is 0.0190. The molecule has 1 heterocycles. The van der Waals surface area contributed by atoms with Gasteiger partial charge in [0.2, 0.25) is 0 Å². The van der Waals surface area contributed by atoms with Crippen molar-refractivity contribution >= 4 is 46.0 Å². The van der Waals surface area contributed by atoms with Crippen LogP contribution in [0.15, 0.2) is 47.3 Å².